The van der Waals surface area contributed by atoms with Crippen LogP contribution in [0.5, 0.6) is 0 Å². The first-order valence-electron chi connectivity index (χ1n) is 7.39. The number of likely N-dealkylation sites (N-methyl/N-ethyl adjacent to an activating group) is 1. The zero-order valence-electron chi connectivity index (χ0n) is 12.5. The Labute approximate surface area is 133 Å². The monoisotopic (exact) mass is 302 g/mol. The van der Waals surface area contributed by atoms with E-state index in [1.54, 1.807) is 0 Å². The molecule has 1 aliphatic rings. The lowest BCUT2D eigenvalue weighted by Gasteiger charge is -2.16. The molecule has 0 amide bonds. The number of halogens is 1. The first-order chi connectivity index (χ1) is 9.85. The van der Waals surface area contributed by atoms with Gasteiger partial charge in [-0.1, -0.05) is 54.6 Å². The van der Waals surface area contributed by atoms with Gasteiger partial charge in [-0.25, -0.2) is 0 Å². The average molecular weight is 303 g/mol. The van der Waals surface area contributed by atoms with Gasteiger partial charge in [0.1, 0.15) is 0 Å². The quantitative estimate of drug-likeness (QED) is 0.929. The molecule has 1 saturated heterocycles. The first kappa shape index (κ1) is 16.0. The minimum Gasteiger partial charge on any atom is -0.316 e. The summed E-state index contributed by atoms with van der Waals surface area (Å²) in [7, 11) is 2.06. The summed E-state index contributed by atoms with van der Waals surface area (Å²) >= 11 is 0. The van der Waals surface area contributed by atoms with Crippen LogP contribution in [0, 0.1) is 0 Å². The van der Waals surface area contributed by atoms with E-state index in [1.807, 2.05) is 0 Å². The van der Waals surface area contributed by atoms with Crippen LogP contribution in [0.25, 0.3) is 11.1 Å². The molecule has 1 N–H and O–H groups in total. The smallest absolute Gasteiger partial charge is 0.0234 e. The fraction of sp³-hybridized carbons (Fsp3) is 0.333. The molecule has 21 heavy (non-hydrogen) atoms. The van der Waals surface area contributed by atoms with E-state index in [1.165, 1.54) is 29.7 Å². The lowest BCUT2D eigenvalue weighted by molar-refractivity contribution is 0.322. The van der Waals surface area contributed by atoms with Crippen LogP contribution < -0.4 is 5.32 Å². The molecule has 2 aromatic rings. The van der Waals surface area contributed by atoms with E-state index >= 15 is 0 Å². The van der Waals surface area contributed by atoms with E-state index in [0.29, 0.717) is 6.04 Å². The van der Waals surface area contributed by atoms with Crippen molar-refractivity contribution in [1.29, 1.82) is 0 Å². The summed E-state index contributed by atoms with van der Waals surface area (Å²) in [5.41, 5.74) is 3.99. The summed E-state index contributed by atoms with van der Waals surface area (Å²) in [5, 5.41) is 3.37. The summed E-state index contributed by atoms with van der Waals surface area (Å²) in [5.74, 6) is 0. The maximum Gasteiger partial charge on any atom is 0.0234 e. The zero-order valence-corrected chi connectivity index (χ0v) is 13.3. The highest BCUT2D eigenvalue weighted by Crippen LogP contribution is 2.20. The lowest BCUT2D eigenvalue weighted by atomic mass is 10.0. The Morgan fingerprint density at radius 1 is 1.00 bits per heavy atom. The molecule has 1 aliphatic heterocycles. The molecule has 1 fully saturated rings. The van der Waals surface area contributed by atoms with Crippen molar-refractivity contribution >= 4 is 12.4 Å². The minimum atomic E-state index is 0. The fourth-order valence-electron chi connectivity index (χ4n) is 2.90. The van der Waals surface area contributed by atoms with Gasteiger partial charge < -0.3 is 5.32 Å². The Balaban J connectivity index is 0.00000161. The first-order valence-corrected chi connectivity index (χ1v) is 7.39. The predicted octanol–water partition coefficient (Wildman–Crippen LogP) is 3.57. The van der Waals surface area contributed by atoms with Gasteiger partial charge in [-0.05, 0) is 30.2 Å². The summed E-state index contributed by atoms with van der Waals surface area (Å²) in [6, 6.07) is 20.2. The van der Waals surface area contributed by atoms with Gasteiger partial charge >= 0.3 is 0 Å². The molecule has 1 heterocycles. The van der Waals surface area contributed by atoms with Crippen molar-refractivity contribution in [1.82, 2.24) is 10.2 Å². The van der Waals surface area contributed by atoms with Crippen LogP contribution in [0.15, 0.2) is 54.6 Å². The third-order valence-electron chi connectivity index (χ3n) is 4.15. The molecule has 2 nitrogen and oxygen atoms in total. The van der Waals surface area contributed by atoms with Gasteiger partial charge in [0.05, 0.1) is 0 Å². The number of nitrogens with zero attached hydrogens (tertiary/aromatic N) is 1. The third kappa shape index (κ3) is 4.07. The van der Waals surface area contributed by atoms with Crippen LogP contribution in [-0.4, -0.2) is 31.1 Å². The molecule has 3 rings (SSSR count). The summed E-state index contributed by atoms with van der Waals surface area (Å²) in [6.45, 7) is 3.43. The molecule has 0 aliphatic carbocycles. The molecule has 0 spiro atoms. The molecule has 3 heteroatoms. The lowest BCUT2D eigenvalue weighted by Crippen LogP contribution is -2.29. The van der Waals surface area contributed by atoms with Gasteiger partial charge in [0.15, 0.2) is 0 Å². The standard InChI is InChI=1S/C18H22N2.ClH/c1-19-18-11-12-20(14-18)13-15-7-9-17(10-8-15)16-5-3-2-4-6-16;/h2-10,18-19H,11-14H2,1H3;1H. The third-order valence-corrected chi connectivity index (χ3v) is 4.15. The minimum absolute atomic E-state index is 0. The largest absolute Gasteiger partial charge is 0.316 e. The molecule has 112 valence electrons. The van der Waals surface area contributed by atoms with E-state index in [2.05, 4.69) is 71.9 Å². The Hall–Kier alpha value is -1.35. The van der Waals surface area contributed by atoms with Crippen LogP contribution in [0.3, 0.4) is 0 Å². The van der Waals surface area contributed by atoms with Crippen molar-refractivity contribution in [3.63, 3.8) is 0 Å². The van der Waals surface area contributed by atoms with Gasteiger partial charge in [0.2, 0.25) is 0 Å². The van der Waals surface area contributed by atoms with E-state index < -0.39 is 0 Å². The highest BCUT2D eigenvalue weighted by Gasteiger charge is 2.20. The Bertz CT molecular complexity index is 539. The van der Waals surface area contributed by atoms with Crippen LogP contribution >= 0.6 is 12.4 Å². The topological polar surface area (TPSA) is 15.3 Å². The highest BCUT2D eigenvalue weighted by atomic mass is 35.5. The summed E-state index contributed by atoms with van der Waals surface area (Å²) in [4.78, 5) is 2.53. The number of hydrogen-bond acceptors (Lipinski definition) is 2. The summed E-state index contributed by atoms with van der Waals surface area (Å²) in [6.07, 6.45) is 1.26. The molecule has 0 radical (unpaired) electrons. The van der Waals surface area contributed by atoms with Crippen molar-refractivity contribution in [2.75, 3.05) is 20.1 Å². The maximum atomic E-state index is 3.37. The van der Waals surface area contributed by atoms with Crippen LogP contribution in [0.2, 0.25) is 0 Å². The second kappa shape index (κ2) is 7.60. The van der Waals surface area contributed by atoms with Crippen molar-refractivity contribution in [3.8, 4) is 11.1 Å². The molecule has 0 saturated carbocycles. The van der Waals surface area contributed by atoms with Crippen molar-refractivity contribution in [2.24, 2.45) is 0 Å². The normalized spacial score (nSPS) is 18.4. The second-order valence-corrected chi connectivity index (χ2v) is 5.57. The average Bonchev–Trinajstić information content (AvgIpc) is 2.97. The molecule has 0 bridgehead atoms. The van der Waals surface area contributed by atoms with Crippen molar-refractivity contribution < 1.29 is 0 Å². The molecular weight excluding hydrogens is 280 g/mol. The number of nitrogens with one attached hydrogen (secondary N) is 1. The number of rotatable bonds is 4. The van der Waals surface area contributed by atoms with Gasteiger partial charge in [-0.15, -0.1) is 12.4 Å². The molecule has 2 aromatic carbocycles. The summed E-state index contributed by atoms with van der Waals surface area (Å²) < 4.78 is 0. The Morgan fingerprint density at radius 2 is 1.67 bits per heavy atom. The van der Waals surface area contributed by atoms with E-state index in [9.17, 15) is 0 Å². The van der Waals surface area contributed by atoms with Crippen molar-refractivity contribution in [2.45, 2.75) is 19.0 Å². The van der Waals surface area contributed by atoms with Crippen LogP contribution in [0.4, 0.5) is 0 Å². The highest BCUT2D eigenvalue weighted by molar-refractivity contribution is 5.85. The molecule has 1 atom stereocenters. The fourth-order valence-corrected chi connectivity index (χ4v) is 2.90. The molecule has 0 aromatic heterocycles. The van der Waals surface area contributed by atoms with Crippen LogP contribution in [-0.2, 0) is 6.54 Å². The van der Waals surface area contributed by atoms with Gasteiger partial charge in [-0.3, -0.25) is 4.90 Å². The van der Waals surface area contributed by atoms with Crippen molar-refractivity contribution in [3.05, 3.63) is 60.2 Å². The Morgan fingerprint density at radius 3 is 2.29 bits per heavy atom. The zero-order chi connectivity index (χ0) is 13.8. The number of hydrogen-bond donors (Lipinski definition) is 1. The molecular formula is C18H23ClN2. The number of likely N-dealkylation sites (tertiary alicyclic amines) is 1. The van der Waals surface area contributed by atoms with Gasteiger partial charge in [-0.2, -0.15) is 0 Å². The second-order valence-electron chi connectivity index (χ2n) is 5.57. The molecule has 1 unspecified atom stereocenters. The Kier molecular flexibility index (Phi) is 5.80. The van der Waals surface area contributed by atoms with Crippen LogP contribution in [0.1, 0.15) is 12.0 Å². The van der Waals surface area contributed by atoms with Gasteiger partial charge in [0, 0.05) is 25.7 Å². The van der Waals surface area contributed by atoms with E-state index in [4.69, 9.17) is 0 Å². The maximum absolute atomic E-state index is 3.37. The number of benzene rings is 2. The predicted molar refractivity (Wildman–Crippen MR) is 91.9 cm³/mol. The van der Waals surface area contributed by atoms with Gasteiger partial charge in [0.25, 0.3) is 0 Å². The van der Waals surface area contributed by atoms with E-state index in [0.717, 1.165) is 13.1 Å². The SMILES string of the molecule is CNC1CCN(Cc2ccc(-c3ccccc3)cc2)C1.Cl. The van der Waals surface area contributed by atoms with E-state index in [-0.39, 0.29) is 12.4 Å².